The topological polar surface area (TPSA) is 126 Å². The maximum absolute atomic E-state index is 12.7. The quantitative estimate of drug-likeness (QED) is 0.374. The van der Waals surface area contributed by atoms with E-state index in [-0.39, 0.29) is 47.8 Å². The first-order chi connectivity index (χ1) is 17.9. The monoisotopic (exact) mass is 512 g/mol. The van der Waals surface area contributed by atoms with Crippen LogP contribution in [0.2, 0.25) is 0 Å². The third-order valence-corrected chi connectivity index (χ3v) is 5.78. The number of benzene rings is 3. The standard InChI is InChI=1S/C30H28N2O6/c1-17(33)23-11-24(18(2)34)14-27(13-23)31-29(37)9-21-6-5-7-22(8-21)10-30(38)32-28-15-25(19(3)35)12-26(16-28)20(4)36/h5-8,11-16H,9-10H2,1-4H3,(H,31,37)(H,32,38). The molecule has 2 N–H and O–H groups in total. The molecule has 0 spiro atoms. The van der Waals surface area contributed by atoms with E-state index in [9.17, 15) is 28.8 Å². The Kier molecular flexibility index (Phi) is 8.81. The Morgan fingerprint density at radius 3 is 1.11 bits per heavy atom. The first-order valence-electron chi connectivity index (χ1n) is 11.9. The minimum atomic E-state index is -0.348. The molecule has 0 bridgehead atoms. The Hall–Kier alpha value is -4.72. The molecule has 0 aromatic heterocycles. The van der Waals surface area contributed by atoms with Gasteiger partial charge in [0.1, 0.15) is 0 Å². The molecule has 2 amide bonds. The van der Waals surface area contributed by atoms with Crippen LogP contribution in [0.5, 0.6) is 0 Å². The second-order valence-electron chi connectivity index (χ2n) is 9.09. The summed E-state index contributed by atoms with van der Waals surface area (Å²) in [5, 5.41) is 5.45. The summed E-state index contributed by atoms with van der Waals surface area (Å²) < 4.78 is 0. The number of carbonyl (C=O) groups is 6. The Morgan fingerprint density at radius 1 is 0.500 bits per heavy atom. The van der Waals surface area contributed by atoms with Crippen molar-refractivity contribution < 1.29 is 28.8 Å². The fourth-order valence-electron chi connectivity index (χ4n) is 3.84. The number of hydrogen-bond donors (Lipinski definition) is 2. The minimum absolute atomic E-state index is 0.0117. The highest BCUT2D eigenvalue weighted by Crippen LogP contribution is 2.19. The molecule has 0 fully saturated rings. The van der Waals surface area contributed by atoms with Crippen LogP contribution in [0.25, 0.3) is 0 Å². The van der Waals surface area contributed by atoms with Crippen molar-refractivity contribution >= 4 is 46.3 Å². The summed E-state index contributed by atoms with van der Waals surface area (Å²) in [4.78, 5) is 72.5. The third kappa shape index (κ3) is 7.64. The van der Waals surface area contributed by atoms with Gasteiger partial charge in [0.25, 0.3) is 0 Å². The van der Waals surface area contributed by atoms with Gasteiger partial charge in [0.2, 0.25) is 11.8 Å². The maximum Gasteiger partial charge on any atom is 0.228 e. The predicted molar refractivity (Wildman–Crippen MR) is 144 cm³/mol. The van der Waals surface area contributed by atoms with E-state index in [0.717, 1.165) is 0 Å². The van der Waals surface area contributed by atoms with Crippen LogP contribution in [0.1, 0.15) is 80.3 Å². The van der Waals surface area contributed by atoms with E-state index < -0.39 is 0 Å². The number of nitrogens with one attached hydrogen (secondary N) is 2. The molecule has 0 atom stereocenters. The van der Waals surface area contributed by atoms with Gasteiger partial charge in [-0.05, 0) is 75.2 Å². The molecular weight excluding hydrogens is 484 g/mol. The second-order valence-corrected chi connectivity index (χ2v) is 9.09. The van der Waals surface area contributed by atoms with E-state index in [2.05, 4.69) is 10.6 Å². The van der Waals surface area contributed by atoms with Gasteiger partial charge in [0.15, 0.2) is 23.1 Å². The molecule has 194 valence electrons. The zero-order valence-electron chi connectivity index (χ0n) is 21.6. The van der Waals surface area contributed by atoms with Crippen molar-refractivity contribution in [1.82, 2.24) is 0 Å². The van der Waals surface area contributed by atoms with Gasteiger partial charge in [-0.1, -0.05) is 24.3 Å². The highest BCUT2D eigenvalue weighted by Gasteiger charge is 2.13. The van der Waals surface area contributed by atoms with Crippen molar-refractivity contribution in [2.24, 2.45) is 0 Å². The van der Waals surface area contributed by atoms with E-state index in [4.69, 9.17) is 0 Å². The Morgan fingerprint density at radius 2 is 0.816 bits per heavy atom. The van der Waals surface area contributed by atoms with Crippen LogP contribution in [-0.4, -0.2) is 34.9 Å². The number of hydrogen-bond acceptors (Lipinski definition) is 6. The summed E-state index contributed by atoms with van der Waals surface area (Å²) in [5.41, 5.74) is 3.33. The van der Waals surface area contributed by atoms with Gasteiger partial charge in [-0.2, -0.15) is 0 Å². The molecule has 0 saturated heterocycles. The predicted octanol–water partition coefficient (Wildman–Crippen LogP) is 4.86. The SMILES string of the molecule is CC(=O)c1cc(NC(=O)Cc2cccc(CC(=O)Nc3cc(C(C)=O)cc(C(C)=O)c3)c2)cc(C(C)=O)c1. The third-order valence-electron chi connectivity index (χ3n) is 5.78. The van der Waals surface area contributed by atoms with Crippen LogP contribution in [0.4, 0.5) is 11.4 Å². The van der Waals surface area contributed by atoms with Crippen LogP contribution >= 0.6 is 0 Å². The number of carbonyl (C=O) groups excluding carboxylic acids is 6. The number of amides is 2. The van der Waals surface area contributed by atoms with E-state index in [0.29, 0.717) is 44.8 Å². The lowest BCUT2D eigenvalue weighted by atomic mass is 10.0. The Labute approximate surface area is 220 Å². The maximum atomic E-state index is 12.7. The van der Waals surface area contributed by atoms with Crippen LogP contribution in [0.3, 0.4) is 0 Å². The summed E-state index contributed by atoms with van der Waals surface area (Å²) in [6, 6.07) is 16.0. The van der Waals surface area contributed by atoms with Crippen molar-refractivity contribution in [3.63, 3.8) is 0 Å². The number of rotatable bonds is 10. The average molecular weight is 513 g/mol. The molecule has 0 saturated carbocycles. The molecule has 0 unspecified atom stereocenters. The van der Waals surface area contributed by atoms with Crippen molar-refractivity contribution in [3.8, 4) is 0 Å². The van der Waals surface area contributed by atoms with E-state index >= 15 is 0 Å². The molecule has 3 aromatic carbocycles. The zero-order chi connectivity index (χ0) is 28.0. The fraction of sp³-hybridized carbons (Fsp3) is 0.200. The largest absolute Gasteiger partial charge is 0.326 e. The first-order valence-corrected chi connectivity index (χ1v) is 11.9. The smallest absolute Gasteiger partial charge is 0.228 e. The lowest BCUT2D eigenvalue weighted by Crippen LogP contribution is -2.17. The first kappa shape index (κ1) is 27.9. The molecule has 3 rings (SSSR count). The molecule has 0 radical (unpaired) electrons. The number of anilines is 2. The zero-order valence-corrected chi connectivity index (χ0v) is 21.6. The lowest BCUT2D eigenvalue weighted by molar-refractivity contribution is -0.116. The van der Waals surface area contributed by atoms with Crippen molar-refractivity contribution in [2.75, 3.05) is 10.6 Å². The number of ketones is 4. The van der Waals surface area contributed by atoms with Crippen LogP contribution in [-0.2, 0) is 22.4 Å². The van der Waals surface area contributed by atoms with Gasteiger partial charge in [0.05, 0.1) is 12.8 Å². The van der Waals surface area contributed by atoms with Gasteiger partial charge in [-0.25, -0.2) is 0 Å². The molecule has 38 heavy (non-hydrogen) atoms. The number of Topliss-reactive ketones (excluding diaryl/α,β-unsaturated/α-hetero) is 4. The van der Waals surface area contributed by atoms with Crippen molar-refractivity contribution in [1.29, 1.82) is 0 Å². The Balaban J connectivity index is 1.69. The summed E-state index contributed by atoms with van der Waals surface area (Å²) in [7, 11) is 0. The van der Waals surface area contributed by atoms with Crippen LogP contribution in [0.15, 0.2) is 60.7 Å². The molecule has 8 nitrogen and oxygen atoms in total. The van der Waals surface area contributed by atoms with Crippen LogP contribution in [0, 0.1) is 0 Å². The van der Waals surface area contributed by atoms with Gasteiger partial charge in [-0.15, -0.1) is 0 Å². The summed E-state index contributed by atoms with van der Waals surface area (Å²) in [6.45, 7) is 5.53. The Bertz CT molecular complexity index is 1300. The molecular formula is C30H28N2O6. The normalized spacial score (nSPS) is 10.4. The van der Waals surface area contributed by atoms with Crippen LogP contribution < -0.4 is 10.6 Å². The van der Waals surface area contributed by atoms with Gasteiger partial charge in [0, 0.05) is 33.6 Å². The molecule has 0 aliphatic carbocycles. The van der Waals surface area contributed by atoms with Crippen molar-refractivity contribution in [2.45, 2.75) is 40.5 Å². The molecule has 0 aliphatic rings. The fourth-order valence-corrected chi connectivity index (χ4v) is 3.84. The lowest BCUT2D eigenvalue weighted by Gasteiger charge is -2.11. The van der Waals surface area contributed by atoms with Gasteiger partial charge in [-0.3, -0.25) is 28.8 Å². The molecule has 3 aromatic rings. The molecule has 8 heteroatoms. The minimum Gasteiger partial charge on any atom is -0.326 e. The highest BCUT2D eigenvalue weighted by molar-refractivity contribution is 6.04. The van der Waals surface area contributed by atoms with Crippen molar-refractivity contribution in [3.05, 3.63) is 94.0 Å². The average Bonchev–Trinajstić information content (AvgIpc) is 2.83. The summed E-state index contributed by atoms with van der Waals surface area (Å²) in [6.07, 6.45) is 0.0234. The molecule has 0 heterocycles. The van der Waals surface area contributed by atoms with E-state index in [1.54, 1.807) is 24.3 Å². The van der Waals surface area contributed by atoms with E-state index in [1.807, 2.05) is 0 Å². The highest BCUT2D eigenvalue weighted by atomic mass is 16.2. The molecule has 0 aliphatic heterocycles. The second kappa shape index (κ2) is 12.0. The summed E-state index contributed by atoms with van der Waals surface area (Å²) in [5.74, 6) is -1.58. The van der Waals surface area contributed by atoms with Gasteiger partial charge < -0.3 is 10.6 Å². The summed E-state index contributed by atoms with van der Waals surface area (Å²) >= 11 is 0. The van der Waals surface area contributed by atoms with Gasteiger partial charge >= 0.3 is 0 Å². The van der Waals surface area contributed by atoms with E-state index in [1.165, 1.54) is 64.1 Å².